The standard InChI is InChI=1S/C25H24N4O3S/c1-19(20-11-13-23(14-12-20)29-16-15-26-18-29)27-25(30)21-7-6-10-24(17-21)33(31,32)28(2)22-8-4-3-5-9-22/h3-19H,1-2H3,(H,27,30)/t19-/m0/s1. The summed E-state index contributed by atoms with van der Waals surface area (Å²) in [4.78, 5) is 17.0. The summed E-state index contributed by atoms with van der Waals surface area (Å²) in [6, 6.07) is 22.4. The highest BCUT2D eigenvalue weighted by molar-refractivity contribution is 7.92. The fourth-order valence-electron chi connectivity index (χ4n) is 3.44. The van der Waals surface area contributed by atoms with Crippen LogP contribution in [0.4, 0.5) is 5.69 Å². The number of sulfonamides is 1. The molecular formula is C25H24N4O3S. The van der Waals surface area contributed by atoms with E-state index in [4.69, 9.17) is 0 Å². The molecule has 0 fully saturated rings. The lowest BCUT2D eigenvalue weighted by Gasteiger charge is -2.20. The number of imidazole rings is 1. The van der Waals surface area contributed by atoms with Crippen molar-refractivity contribution in [3.05, 3.63) is 109 Å². The second-order valence-electron chi connectivity index (χ2n) is 7.59. The van der Waals surface area contributed by atoms with Gasteiger partial charge in [-0.2, -0.15) is 0 Å². The summed E-state index contributed by atoms with van der Waals surface area (Å²) in [7, 11) is -2.32. The summed E-state index contributed by atoms with van der Waals surface area (Å²) in [6.45, 7) is 1.88. The van der Waals surface area contributed by atoms with E-state index in [0.717, 1.165) is 11.3 Å². The molecule has 1 N–H and O–H groups in total. The Labute approximate surface area is 193 Å². The molecule has 0 aliphatic rings. The Balaban J connectivity index is 1.49. The van der Waals surface area contributed by atoms with E-state index in [1.807, 2.05) is 48.0 Å². The molecular weight excluding hydrogens is 436 g/mol. The Hall–Kier alpha value is -3.91. The number of amides is 1. The van der Waals surface area contributed by atoms with Crippen molar-refractivity contribution in [1.82, 2.24) is 14.9 Å². The summed E-state index contributed by atoms with van der Waals surface area (Å²) < 4.78 is 29.2. The van der Waals surface area contributed by atoms with Crippen molar-refractivity contribution >= 4 is 21.6 Å². The van der Waals surface area contributed by atoms with Crippen molar-refractivity contribution in [3.63, 3.8) is 0 Å². The maximum atomic E-state index is 13.1. The molecule has 0 aliphatic heterocycles. The van der Waals surface area contributed by atoms with E-state index in [9.17, 15) is 13.2 Å². The third-order valence-electron chi connectivity index (χ3n) is 5.42. The minimum absolute atomic E-state index is 0.0545. The van der Waals surface area contributed by atoms with E-state index in [-0.39, 0.29) is 22.4 Å². The van der Waals surface area contributed by atoms with Crippen LogP contribution in [0.5, 0.6) is 0 Å². The predicted octanol–water partition coefficient (Wildman–Crippen LogP) is 4.19. The van der Waals surface area contributed by atoms with Gasteiger partial charge in [0.1, 0.15) is 0 Å². The summed E-state index contributed by atoms with van der Waals surface area (Å²) in [5.74, 6) is -0.347. The third-order valence-corrected chi connectivity index (χ3v) is 7.20. The molecule has 0 bridgehead atoms. The number of aromatic nitrogens is 2. The Bertz CT molecular complexity index is 1340. The topological polar surface area (TPSA) is 84.3 Å². The van der Waals surface area contributed by atoms with Gasteiger partial charge < -0.3 is 9.88 Å². The zero-order chi connectivity index (χ0) is 23.4. The van der Waals surface area contributed by atoms with Gasteiger partial charge in [0.2, 0.25) is 0 Å². The predicted molar refractivity (Wildman–Crippen MR) is 128 cm³/mol. The number of benzene rings is 3. The maximum absolute atomic E-state index is 13.1. The molecule has 0 radical (unpaired) electrons. The zero-order valence-corrected chi connectivity index (χ0v) is 19.1. The highest BCUT2D eigenvalue weighted by Gasteiger charge is 2.22. The number of hydrogen-bond donors (Lipinski definition) is 1. The van der Waals surface area contributed by atoms with Crippen molar-refractivity contribution in [2.24, 2.45) is 0 Å². The molecule has 4 rings (SSSR count). The molecule has 1 amide bonds. The van der Waals surface area contributed by atoms with Crippen molar-refractivity contribution in [3.8, 4) is 5.69 Å². The first-order valence-electron chi connectivity index (χ1n) is 10.4. The molecule has 8 heteroatoms. The summed E-state index contributed by atoms with van der Waals surface area (Å²) in [5, 5.41) is 2.94. The number of nitrogens with one attached hydrogen (secondary N) is 1. The van der Waals surface area contributed by atoms with E-state index in [1.165, 1.54) is 23.5 Å². The van der Waals surface area contributed by atoms with Gasteiger partial charge in [-0.1, -0.05) is 36.4 Å². The van der Waals surface area contributed by atoms with E-state index < -0.39 is 10.0 Å². The van der Waals surface area contributed by atoms with Gasteiger partial charge in [0.25, 0.3) is 15.9 Å². The van der Waals surface area contributed by atoms with Crippen LogP contribution in [0.2, 0.25) is 0 Å². The van der Waals surface area contributed by atoms with E-state index >= 15 is 0 Å². The molecule has 33 heavy (non-hydrogen) atoms. The van der Waals surface area contributed by atoms with Gasteiger partial charge in [-0.25, -0.2) is 13.4 Å². The van der Waals surface area contributed by atoms with Crippen LogP contribution in [-0.2, 0) is 10.0 Å². The van der Waals surface area contributed by atoms with Crippen molar-refractivity contribution in [1.29, 1.82) is 0 Å². The second kappa shape index (κ2) is 9.30. The Morgan fingerprint density at radius 1 is 1.00 bits per heavy atom. The molecule has 1 aromatic heterocycles. The van der Waals surface area contributed by atoms with E-state index in [1.54, 1.807) is 48.9 Å². The lowest BCUT2D eigenvalue weighted by atomic mass is 10.1. The molecule has 1 atom stereocenters. The van der Waals surface area contributed by atoms with Crippen LogP contribution in [-0.4, -0.2) is 30.9 Å². The molecule has 0 saturated carbocycles. The van der Waals surface area contributed by atoms with Gasteiger partial charge in [0.05, 0.1) is 23.0 Å². The van der Waals surface area contributed by atoms with Crippen molar-refractivity contribution in [2.45, 2.75) is 17.9 Å². The Kier molecular flexibility index (Phi) is 6.28. The SMILES string of the molecule is C[C@H](NC(=O)c1cccc(S(=O)(=O)N(C)c2ccccc2)c1)c1ccc(-n2ccnc2)cc1. The first-order valence-corrected chi connectivity index (χ1v) is 11.8. The van der Waals surface area contributed by atoms with Crippen LogP contribution in [0, 0.1) is 0 Å². The van der Waals surface area contributed by atoms with Crippen LogP contribution >= 0.6 is 0 Å². The van der Waals surface area contributed by atoms with Crippen LogP contribution in [0.3, 0.4) is 0 Å². The molecule has 0 aliphatic carbocycles. The van der Waals surface area contributed by atoms with Crippen molar-refractivity contribution < 1.29 is 13.2 Å². The first-order chi connectivity index (χ1) is 15.9. The van der Waals surface area contributed by atoms with Crippen molar-refractivity contribution in [2.75, 3.05) is 11.4 Å². The lowest BCUT2D eigenvalue weighted by molar-refractivity contribution is 0.0939. The van der Waals surface area contributed by atoms with Gasteiger partial charge in [0.15, 0.2) is 0 Å². The number of rotatable bonds is 7. The molecule has 4 aromatic rings. The largest absolute Gasteiger partial charge is 0.346 e. The summed E-state index contributed by atoms with van der Waals surface area (Å²) in [5.41, 5.74) is 2.72. The minimum Gasteiger partial charge on any atom is -0.346 e. The number of hydrogen-bond acceptors (Lipinski definition) is 4. The third kappa shape index (κ3) is 4.80. The first kappa shape index (κ1) is 22.3. The number of para-hydroxylation sites is 1. The molecule has 168 valence electrons. The lowest BCUT2D eigenvalue weighted by Crippen LogP contribution is -2.28. The Morgan fingerprint density at radius 2 is 1.73 bits per heavy atom. The van der Waals surface area contributed by atoms with Crippen LogP contribution < -0.4 is 9.62 Å². The smallest absolute Gasteiger partial charge is 0.264 e. The molecule has 0 saturated heterocycles. The minimum atomic E-state index is -3.81. The zero-order valence-electron chi connectivity index (χ0n) is 18.3. The van der Waals surface area contributed by atoms with Crippen LogP contribution in [0.15, 0.2) is 102 Å². The summed E-state index contributed by atoms with van der Waals surface area (Å²) >= 11 is 0. The Morgan fingerprint density at radius 3 is 2.39 bits per heavy atom. The molecule has 3 aromatic carbocycles. The van der Waals surface area contributed by atoms with Gasteiger partial charge in [-0.15, -0.1) is 0 Å². The molecule has 7 nitrogen and oxygen atoms in total. The van der Waals surface area contributed by atoms with E-state index in [2.05, 4.69) is 10.3 Å². The number of carbonyl (C=O) groups excluding carboxylic acids is 1. The maximum Gasteiger partial charge on any atom is 0.264 e. The summed E-state index contributed by atoms with van der Waals surface area (Å²) in [6.07, 6.45) is 5.29. The fraction of sp³-hybridized carbons (Fsp3) is 0.120. The van der Waals surface area contributed by atoms with Gasteiger partial charge in [-0.3, -0.25) is 9.10 Å². The molecule has 0 spiro atoms. The fourth-order valence-corrected chi connectivity index (χ4v) is 4.68. The normalized spacial score (nSPS) is 12.2. The number of nitrogens with zero attached hydrogens (tertiary/aromatic N) is 3. The number of anilines is 1. The highest BCUT2D eigenvalue weighted by Crippen LogP contribution is 2.23. The average molecular weight is 461 g/mol. The van der Waals surface area contributed by atoms with Crippen LogP contribution in [0.25, 0.3) is 5.69 Å². The number of carbonyl (C=O) groups is 1. The second-order valence-corrected chi connectivity index (χ2v) is 9.56. The average Bonchev–Trinajstić information content (AvgIpc) is 3.39. The highest BCUT2D eigenvalue weighted by atomic mass is 32.2. The molecule has 1 heterocycles. The van der Waals surface area contributed by atoms with Gasteiger partial charge in [0, 0.05) is 30.7 Å². The van der Waals surface area contributed by atoms with E-state index in [0.29, 0.717) is 5.69 Å². The van der Waals surface area contributed by atoms with Gasteiger partial charge in [-0.05, 0) is 55.0 Å². The quantitative estimate of drug-likeness (QED) is 0.448. The monoisotopic (exact) mass is 460 g/mol. The molecule has 0 unspecified atom stereocenters. The van der Waals surface area contributed by atoms with Crippen LogP contribution in [0.1, 0.15) is 28.9 Å². The van der Waals surface area contributed by atoms with Gasteiger partial charge >= 0.3 is 0 Å².